The number of carbonyl (C=O) groups excluding carboxylic acids is 1. The van der Waals surface area contributed by atoms with Gasteiger partial charge in [-0.15, -0.1) is 0 Å². The van der Waals surface area contributed by atoms with Crippen LogP contribution in [0.1, 0.15) is 43.7 Å². The number of nitrogens with zero attached hydrogens (tertiary/aromatic N) is 1. The highest BCUT2D eigenvalue weighted by atomic mass is 16.5. The Balaban J connectivity index is 2.22. The van der Waals surface area contributed by atoms with E-state index < -0.39 is 0 Å². The van der Waals surface area contributed by atoms with Crippen molar-refractivity contribution in [3.63, 3.8) is 0 Å². The molecule has 0 fully saturated rings. The van der Waals surface area contributed by atoms with Crippen molar-refractivity contribution in [3.8, 4) is 11.5 Å². The maximum atomic E-state index is 12.5. The Morgan fingerprint density at radius 3 is 2.46 bits per heavy atom. The molecule has 0 spiro atoms. The molecule has 130 valence electrons. The zero-order valence-corrected chi connectivity index (χ0v) is 14.8. The van der Waals surface area contributed by atoms with E-state index >= 15 is 0 Å². The Labute approximate surface area is 142 Å². The lowest BCUT2D eigenvalue weighted by Gasteiger charge is -2.15. The van der Waals surface area contributed by atoms with E-state index in [1.807, 2.05) is 20.8 Å². The van der Waals surface area contributed by atoms with Crippen LogP contribution in [0.15, 0.2) is 24.3 Å². The molecule has 0 bridgehead atoms. The Hall–Kier alpha value is -2.50. The molecule has 0 saturated heterocycles. The molecule has 0 aliphatic carbocycles. The van der Waals surface area contributed by atoms with Crippen LogP contribution in [0.5, 0.6) is 11.5 Å². The van der Waals surface area contributed by atoms with E-state index in [-0.39, 0.29) is 12.0 Å². The second-order valence-electron chi connectivity index (χ2n) is 6.45. The molecule has 0 aliphatic rings. The van der Waals surface area contributed by atoms with Gasteiger partial charge in [-0.1, -0.05) is 13.8 Å². The molecular weight excluding hydrogens is 306 g/mol. The quantitative estimate of drug-likeness (QED) is 0.809. The van der Waals surface area contributed by atoms with Crippen LogP contribution >= 0.6 is 0 Å². The maximum absolute atomic E-state index is 12.5. The summed E-state index contributed by atoms with van der Waals surface area (Å²) in [5.41, 5.74) is 1.34. The molecule has 1 aromatic heterocycles. The molecule has 1 amide bonds. The Morgan fingerprint density at radius 2 is 1.88 bits per heavy atom. The van der Waals surface area contributed by atoms with Gasteiger partial charge in [0.05, 0.1) is 12.7 Å². The minimum atomic E-state index is -0.259. The van der Waals surface area contributed by atoms with Crippen LogP contribution in [-0.2, 0) is 0 Å². The van der Waals surface area contributed by atoms with E-state index in [2.05, 4.69) is 29.4 Å². The summed E-state index contributed by atoms with van der Waals surface area (Å²) in [4.78, 5) is 12.5. The van der Waals surface area contributed by atoms with Gasteiger partial charge in [-0.3, -0.25) is 9.89 Å². The van der Waals surface area contributed by atoms with E-state index in [1.165, 1.54) is 0 Å². The molecule has 0 radical (unpaired) electrons. The number of aromatic amines is 1. The zero-order valence-electron chi connectivity index (χ0n) is 14.8. The summed E-state index contributed by atoms with van der Waals surface area (Å²) in [7, 11) is 0. The first-order valence-electron chi connectivity index (χ1n) is 8.11. The lowest BCUT2D eigenvalue weighted by molar-refractivity contribution is 0.102. The van der Waals surface area contributed by atoms with Crippen molar-refractivity contribution in [3.05, 3.63) is 35.5 Å². The van der Waals surface area contributed by atoms with Gasteiger partial charge in [0.25, 0.3) is 5.91 Å². The summed E-state index contributed by atoms with van der Waals surface area (Å²) >= 11 is 0. The molecule has 2 aromatic rings. The van der Waals surface area contributed by atoms with Crippen molar-refractivity contribution in [2.75, 3.05) is 11.9 Å². The lowest BCUT2D eigenvalue weighted by Crippen LogP contribution is -2.14. The second kappa shape index (κ2) is 7.86. The summed E-state index contributed by atoms with van der Waals surface area (Å²) in [6.45, 7) is 10.5. The van der Waals surface area contributed by atoms with Crippen LogP contribution in [0.2, 0.25) is 0 Å². The van der Waals surface area contributed by atoms with Crippen molar-refractivity contribution in [1.29, 1.82) is 0 Å². The molecule has 0 aliphatic heterocycles. The maximum Gasteiger partial charge on any atom is 0.257 e. The standard InChI is InChI=1S/C18H25N3O3/c1-11(2)10-23-15-7-14(8-16(9-15)24-12(3)4)18(22)19-17-6-13(5)20-21-17/h6-9,11-12H,10H2,1-5H3,(H2,19,20,21,22). The third kappa shape index (κ3) is 5.30. The number of amides is 1. The number of benzene rings is 1. The van der Waals surface area contributed by atoms with Crippen LogP contribution in [0, 0.1) is 12.8 Å². The topological polar surface area (TPSA) is 76.2 Å². The van der Waals surface area contributed by atoms with Gasteiger partial charge in [-0.25, -0.2) is 0 Å². The van der Waals surface area contributed by atoms with E-state index in [1.54, 1.807) is 24.3 Å². The van der Waals surface area contributed by atoms with Gasteiger partial charge in [-0.2, -0.15) is 5.10 Å². The third-order valence-corrected chi connectivity index (χ3v) is 3.04. The largest absolute Gasteiger partial charge is 0.493 e. The van der Waals surface area contributed by atoms with Crippen molar-refractivity contribution in [2.45, 2.75) is 40.7 Å². The van der Waals surface area contributed by atoms with Crippen LogP contribution in [0.4, 0.5) is 5.82 Å². The number of hydrogen-bond acceptors (Lipinski definition) is 4. The summed E-state index contributed by atoms with van der Waals surface area (Å²) in [6, 6.07) is 6.99. The molecule has 1 heterocycles. The van der Waals surface area contributed by atoms with Gasteiger partial charge >= 0.3 is 0 Å². The van der Waals surface area contributed by atoms with Crippen molar-refractivity contribution < 1.29 is 14.3 Å². The normalized spacial score (nSPS) is 11.0. The lowest BCUT2D eigenvalue weighted by atomic mass is 10.1. The first kappa shape index (κ1) is 17.8. The molecule has 2 rings (SSSR count). The number of H-pyrrole nitrogens is 1. The van der Waals surface area contributed by atoms with E-state index in [9.17, 15) is 4.79 Å². The van der Waals surface area contributed by atoms with Gasteiger partial charge in [0, 0.05) is 23.4 Å². The number of anilines is 1. The minimum absolute atomic E-state index is 0.00949. The molecule has 0 saturated carbocycles. The SMILES string of the molecule is Cc1cc(NC(=O)c2cc(OCC(C)C)cc(OC(C)C)c2)n[nH]1. The molecule has 6 heteroatoms. The van der Waals surface area contributed by atoms with Crippen molar-refractivity contribution in [2.24, 2.45) is 5.92 Å². The predicted molar refractivity (Wildman–Crippen MR) is 93.8 cm³/mol. The summed E-state index contributed by atoms with van der Waals surface area (Å²) in [6.07, 6.45) is 0.00949. The van der Waals surface area contributed by atoms with Gasteiger partial charge in [0.1, 0.15) is 11.5 Å². The number of rotatable bonds is 7. The summed E-state index contributed by atoms with van der Waals surface area (Å²) < 4.78 is 11.5. The molecule has 0 unspecified atom stereocenters. The fraction of sp³-hybridized carbons (Fsp3) is 0.444. The van der Waals surface area contributed by atoms with Gasteiger partial charge < -0.3 is 14.8 Å². The number of aryl methyl sites for hydroxylation is 1. The van der Waals surface area contributed by atoms with Gasteiger partial charge in [0.15, 0.2) is 5.82 Å². The van der Waals surface area contributed by atoms with Crippen LogP contribution < -0.4 is 14.8 Å². The van der Waals surface area contributed by atoms with Crippen LogP contribution in [-0.4, -0.2) is 28.8 Å². The molecule has 0 atom stereocenters. The molecular formula is C18H25N3O3. The fourth-order valence-corrected chi connectivity index (χ4v) is 2.06. The average Bonchev–Trinajstić information content (AvgIpc) is 2.89. The highest BCUT2D eigenvalue weighted by Gasteiger charge is 2.13. The Bertz CT molecular complexity index is 693. The fourth-order valence-electron chi connectivity index (χ4n) is 2.06. The smallest absolute Gasteiger partial charge is 0.257 e. The molecule has 2 N–H and O–H groups in total. The van der Waals surface area contributed by atoms with Crippen molar-refractivity contribution >= 4 is 11.7 Å². The summed E-state index contributed by atoms with van der Waals surface area (Å²) in [5.74, 6) is 1.84. The average molecular weight is 331 g/mol. The Kier molecular flexibility index (Phi) is 5.84. The minimum Gasteiger partial charge on any atom is -0.493 e. The first-order chi connectivity index (χ1) is 11.3. The third-order valence-electron chi connectivity index (χ3n) is 3.04. The zero-order chi connectivity index (χ0) is 17.7. The molecule has 6 nitrogen and oxygen atoms in total. The molecule has 24 heavy (non-hydrogen) atoms. The molecule has 1 aromatic carbocycles. The van der Waals surface area contributed by atoms with Crippen LogP contribution in [0.3, 0.4) is 0 Å². The van der Waals surface area contributed by atoms with Crippen molar-refractivity contribution in [1.82, 2.24) is 10.2 Å². The first-order valence-corrected chi connectivity index (χ1v) is 8.11. The number of nitrogens with one attached hydrogen (secondary N) is 2. The number of hydrogen-bond donors (Lipinski definition) is 2. The monoisotopic (exact) mass is 331 g/mol. The van der Waals surface area contributed by atoms with Gasteiger partial charge in [-0.05, 0) is 38.8 Å². The number of aromatic nitrogens is 2. The predicted octanol–water partition coefficient (Wildman–Crippen LogP) is 3.79. The van der Waals surface area contributed by atoms with E-state index in [4.69, 9.17) is 9.47 Å². The number of ether oxygens (including phenoxy) is 2. The van der Waals surface area contributed by atoms with E-state index in [0.29, 0.717) is 35.4 Å². The van der Waals surface area contributed by atoms with Crippen LogP contribution in [0.25, 0.3) is 0 Å². The Morgan fingerprint density at radius 1 is 1.17 bits per heavy atom. The highest BCUT2D eigenvalue weighted by molar-refractivity contribution is 6.04. The van der Waals surface area contributed by atoms with E-state index in [0.717, 1.165) is 5.69 Å². The highest BCUT2D eigenvalue weighted by Crippen LogP contribution is 2.25. The van der Waals surface area contributed by atoms with Gasteiger partial charge in [0.2, 0.25) is 0 Å². The number of carbonyl (C=O) groups is 1. The second-order valence-corrected chi connectivity index (χ2v) is 6.45. The summed E-state index contributed by atoms with van der Waals surface area (Å²) in [5, 5.41) is 9.57.